The number of phenols is 1. The third-order valence-corrected chi connectivity index (χ3v) is 4.30. The Labute approximate surface area is 115 Å². The molecule has 0 heterocycles. The summed E-state index contributed by atoms with van der Waals surface area (Å²) in [6, 6.07) is 5.31. The van der Waals surface area contributed by atoms with Crippen molar-refractivity contribution in [1.82, 2.24) is 5.32 Å². The molecule has 2 atom stereocenters. The van der Waals surface area contributed by atoms with Crippen LogP contribution in [0.2, 0.25) is 0 Å². The molecule has 0 radical (unpaired) electrons. The van der Waals surface area contributed by atoms with Crippen LogP contribution in [0.4, 0.5) is 0 Å². The van der Waals surface area contributed by atoms with E-state index in [2.05, 4.69) is 12.2 Å². The highest BCUT2D eigenvalue weighted by atomic mass is 127. The smallest absolute Gasteiger partial charge is 0.251 e. The van der Waals surface area contributed by atoms with Gasteiger partial charge in [0.05, 0.1) is 3.57 Å². The Morgan fingerprint density at radius 2 is 2.24 bits per heavy atom. The van der Waals surface area contributed by atoms with Gasteiger partial charge in [0.25, 0.3) is 5.91 Å². The maximum atomic E-state index is 12.0. The third kappa shape index (κ3) is 2.91. The monoisotopic (exact) mass is 345 g/mol. The second-order valence-electron chi connectivity index (χ2n) is 4.65. The van der Waals surface area contributed by atoms with Crippen LogP contribution >= 0.6 is 22.6 Å². The summed E-state index contributed by atoms with van der Waals surface area (Å²) < 4.78 is 0.758. The van der Waals surface area contributed by atoms with Crippen LogP contribution in [0.15, 0.2) is 18.2 Å². The van der Waals surface area contributed by atoms with E-state index in [4.69, 9.17) is 0 Å². The van der Waals surface area contributed by atoms with Crippen LogP contribution in [0.1, 0.15) is 36.5 Å². The minimum Gasteiger partial charge on any atom is -0.507 e. The molecule has 2 N–H and O–H groups in total. The highest BCUT2D eigenvalue weighted by Gasteiger charge is 2.25. The Balaban J connectivity index is 2.06. The summed E-state index contributed by atoms with van der Waals surface area (Å²) in [6.45, 7) is 2.17. The molecule has 2 unspecified atom stereocenters. The molecule has 2 rings (SSSR count). The molecule has 1 amide bonds. The first-order chi connectivity index (χ1) is 8.08. The molecule has 0 saturated heterocycles. The SMILES string of the molecule is CC1CCCC1NC(=O)c1ccc(I)c(O)c1. The van der Waals surface area contributed by atoms with Crippen LogP contribution < -0.4 is 5.32 Å². The number of benzene rings is 1. The fourth-order valence-corrected chi connectivity index (χ4v) is 2.60. The predicted molar refractivity (Wildman–Crippen MR) is 75.1 cm³/mol. The summed E-state index contributed by atoms with van der Waals surface area (Å²) in [7, 11) is 0. The van der Waals surface area contributed by atoms with Gasteiger partial charge in [0.2, 0.25) is 0 Å². The molecule has 1 aliphatic rings. The van der Waals surface area contributed by atoms with Gasteiger partial charge >= 0.3 is 0 Å². The number of amides is 1. The summed E-state index contributed by atoms with van der Waals surface area (Å²) in [6.07, 6.45) is 3.43. The minimum atomic E-state index is -0.0875. The van der Waals surface area contributed by atoms with E-state index in [-0.39, 0.29) is 17.7 Å². The van der Waals surface area contributed by atoms with Crippen molar-refractivity contribution in [2.45, 2.75) is 32.2 Å². The van der Waals surface area contributed by atoms with E-state index in [1.165, 1.54) is 18.9 Å². The molecule has 1 aromatic carbocycles. The highest BCUT2D eigenvalue weighted by molar-refractivity contribution is 14.1. The molecular weight excluding hydrogens is 329 g/mol. The molecule has 17 heavy (non-hydrogen) atoms. The minimum absolute atomic E-state index is 0.0875. The zero-order valence-corrected chi connectivity index (χ0v) is 11.9. The Bertz CT molecular complexity index is 433. The van der Waals surface area contributed by atoms with Gasteiger partial charge in [0, 0.05) is 11.6 Å². The van der Waals surface area contributed by atoms with Crippen molar-refractivity contribution in [2.24, 2.45) is 5.92 Å². The van der Waals surface area contributed by atoms with Crippen molar-refractivity contribution < 1.29 is 9.90 Å². The molecule has 0 spiro atoms. The summed E-state index contributed by atoms with van der Waals surface area (Å²) in [5.41, 5.74) is 0.530. The summed E-state index contributed by atoms with van der Waals surface area (Å²) in [5, 5.41) is 12.6. The molecule has 3 nitrogen and oxygen atoms in total. The molecule has 1 saturated carbocycles. The van der Waals surface area contributed by atoms with Crippen molar-refractivity contribution in [3.05, 3.63) is 27.3 Å². The fourth-order valence-electron chi connectivity index (χ4n) is 2.27. The van der Waals surface area contributed by atoms with E-state index in [1.807, 2.05) is 22.6 Å². The molecular formula is C13H16INO2. The lowest BCUT2D eigenvalue weighted by molar-refractivity contribution is 0.0929. The fraction of sp³-hybridized carbons (Fsp3) is 0.462. The van der Waals surface area contributed by atoms with Gasteiger partial charge in [-0.05, 0) is 59.5 Å². The maximum absolute atomic E-state index is 12.0. The Morgan fingerprint density at radius 1 is 1.47 bits per heavy atom. The summed E-state index contributed by atoms with van der Waals surface area (Å²) in [5.74, 6) is 0.629. The molecule has 1 aromatic rings. The van der Waals surface area contributed by atoms with E-state index >= 15 is 0 Å². The predicted octanol–water partition coefficient (Wildman–Crippen LogP) is 2.92. The van der Waals surface area contributed by atoms with Crippen molar-refractivity contribution in [1.29, 1.82) is 0 Å². The summed E-state index contributed by atoms with van der Waals surface area (Å²) in [4.78, 5) is 12.0. The van der Waals surface area contributed by atoms with Gasteiger partial charge in [-0.2, -0.15) is 0 Å². The van der Waals surface area contributed by atoms with Crippen molar-refractivity contribution in [3.8, 4) is 5.75 Å². The van der Waals surface area contributed by atoms with Crippen molar-refractivity contribution in [3.63, 3.8) is 0 Å². The second kappa shape index (κ2) is 5.25. The Hall–Kier alpha value is -0.780. The van der Waals surface area contributed by atoms with Gasteiger partial charge in [-0.15, -0.1) is 0 Å². The van der Waals surface area contributed by atoms with Gasteiger partial charge in [0.15, 0.2) is 0 Å². The first-order valence-electron chi connectivity index (χ1n) is 5.87. The number of rotatable bonds is 2. The number of aromatic hydroxyl groups is 1. The molecule has 0 aromatic heterocycles. The number of phenolic OH excluding ortho intramolecular Hbond substituents is 1. The van der Waals surface area contributed by atoms with Gasteiger partial charge in [-0.3, -0.25) is 4.79 Å². The average Bonchev–Trinajstić information content (AvgIpc) is 2.68. The molecule has 92 valence electrons. The first kappa shape index (κ1) is 12.7. The van der Waals surface area contributed by atoms with E-state index < -0.39 is 0 Å². The number of hydrogen-bond donors (Lipinski definition) is 2. The number of nitrogens with one attached hydrogen (secondary N) is 1. The Morgan fingerprint density at radius 3 is 2.82 bits per heavy atom. The summed E-state index contributed by atoms with van der Waals surface area (Å²) >= 11 is 2.04. The number of hydrogen-bond acceptors (Lipinski definition) is 2. The number of halogens is 1. The number of carbonyl (C=O) groups excluding carboxylic acids is 1. The topological polar surface area (TPSA) is 49.3 Å². The van der Waals surface area contributed by atoms with E-state index in [9.17, 15) is 9.90 Å². The quantitative estimate of drug-likeness (QED) is 0.810. The lowest BCUT2D eigenvalue weighted by Gasteiger charge is -2.17. The zero-order chi connectivity index (χ0) is 12.4. The third-order valence-electron chi connectivity index (χ3n) is 3.39. The lowest BCUT2D eigenvalue weighted by Crippen LogP contribution is -2.36. The van der Waals surface area contributed by atoms with Crippen molar-refractivity contribution >= 4 is 28.5 Å². The van der Waals surface area contributed by atoms with Crippen LogP contribution in [0, 0.1) is 9.49 Å². The van der Waals surface area contributed by atoms with E-state index in [0.717, 1.165) is 9.99 Å². The standard InChI is InChI=1S/C13H16INO2/c1-8-3-2-4-11(8)15-13(17)9-5-6-10(14)12(16)7-9/h5-8,11,16H,2-4H2,1H3,(H,15,17). The van der Waals surface area contributed by atoms with E-state index in [1.54, 1.807) is 12.1 Å². The van der Waals surface area contributed by atoms with Gasteiger partial charge in [0.1, 0.15) is 5.75 Å². The maximum Gasteiger partial charge on any atom is 0.251 e. The van der Waals surface area contributed by atoms with Crippen LogP contribution in [-0.4, -0.2) is 17.1 Å². The first-order valence-corrected chi connectivity index (χ1v) is 6.95. The molecule has 1 fully saturated rings. The van der Waals surface area contributed by atoms with Crippen LogP contribution in [0.25, 0.3) is 0 Å². The van der Waals surface area contributed by atoms with E-state index in [0.29, 0.717) is 11.5 Å². The molecule has 0 bridgehead atoms. The van der Waals surface area contributed by atoms with Gasteiger partial charge in [-0.25, -0.2) is 0 Å². The highest BCUT2D eigenvalue weighted by Crippen LogP contribution is 2.25. The zero-order valence-electron chi connectivity index (χ0n) is 9.74. The van der Waals surface area contributed by atoms with Crippen molar-refractivity contribution in [2.75, 3.05) is 0 Å². The van der Waals surface area contributed by atoms with Crippen LogP contribution in [-0.2, 0) is 0 Å². The molecule has 4 heteroatoms. The normalized spacial score (nSPS) is 23.6. The molecule has 1 aliphatic carbocycles. The molecule has 0 aliphatic heterocycles. The van der Waals surface area contributed by atoms with Crippen LogP contribution in [0.5, 0.6) is 5.75 Å². The lowest BCUT2D eigenvalue weighted by atomic mass is 10.1. The largest absolute Gasteiger partial charge is 0.507 e. The van der Waals surface area contributed by atoms with Crippen LogP contribution in [0.3, 0.4) is 0 Å². The number of carbonyl (C=O) groups is 1. The van der Waals surface area contributed by atoms with Gasteiger partial charge < -0.3 is 10.4 Å². The average molecular weight is 345 g/mol. The van der Waals surface area contributed by atoms with Gasteiger partial charge in [-0.1, -0.05) is 13.3 Å². The second-order valence-corrected chi connectivity index (χ2v) is 5.82. The Kier molecular flexibility index (Phi) is 3.91.